The second-order valence-corrected chi connectivity index (χ2v) is 7.14. The number of anilines is 1. The van der Waals surface area contributed by atoms with Crippen molar-refractivity contribution >= 4 is 15.7 Å². The molecule has 0 spiro atoms. The van der Waals surface area contributed by atoms with Crippen LogP contribution >= 0.6 is 0 Å². The first-order chi connectivity index (χ1) is 9.44. The molecule has 5 nitrogen and oxygen atoms in total. The molecule has 1 atom stereocenters. The highest BCUT2D eigenvalue weighted by molar-refractivity contribution is 7.89. The summed E-state index contributed by atoms with van der Waals surface area (Å²) >= 11 is 0. The van der Waals surface area contributed by atoms with Gasteiger partial charge in [-0.2, -0.15) is 0 Å². The van der Waals surface area contributed by atoms with Gasteiger partial charge in [-0.05, 0) is 36.1 Å². The van der Waals surface area contributed by atoms with Crippen LogP contribution in [0, 0.1) is 5.92 Å². The van der Waals surface area contributed by atoms with E-state index in [0.717, 1.165) is 24.2 Å². The topological polar surface area (TPSA) is 67.4 Å². The number of hydrogen-bond donors (Lipinski definition) is 2. The molecule has 1 heterocycles. The van der Waals surface area contributed by atoms with E-state index in [2.05, 4.69) is 10.0 Å². The van der Waals surface area contributed by atoms with Gasteiger partial charge in [0.2, 0.25) is 10.0 Å². The first-order valence-corrected chi connectivity index (χ1v) is 8.30. The minimum atomic E-state index is -3.51. The maximum Gasteiger partial charge on any atom is 0.240 e. The Morgan fingerprint density at radius 1 is 1.40 bits per heavy atom. The van der Waals surface area contributed by atoms with Gasteiger partial charge < -0.3 is 10.1 Å². The van der Waals surface area contributed by atoms with E-state index in [1.165, 1.54) is 0 Å². The highest BCUT2D eigenvalue weighted by Crippen LogP contribution is 2.25. The molecule has 2 rings (SSSR count). The van der Waals surface area contributed by atoms with Crippen molar-refractivity contribution in [2.75, 3.05) is 25.6 Å². The zero-order valence-corrected chi connectivity index (χ0v) is 13.0. The van der Waals surface area contributed by atoms with Gasteiger partial charge in [0, 0.05) is 25.4 Å². The smallest absolute Gasteiger partial charge is 0.240 e. The summed E-state index contributed by atoms with van der Waals surface area (Å²) in [6.45, 7) is 5.17. The van der Waals surface area contributed by atoms with Crippen molar-refractivity contribution in [2.45, 2.75) is 31.2 Å². The van der Waals surface area contributed by atoms with Gasteiger partial charge in [-0.25, -0.2) is 13.1 Å². The number of benzene rings is 1. The molecule has 112 valence electrons. The standard InChI is InChI=1S/C14H22N2O3S/c1-10(2)14(9-19-3)16-20(17,18)12-4-5-13-11(8-12)6-7-15-13/h4-5,8,10,14-16H,6-7,9H2,1-3H3. The molecular formula is C14H22N2O3S. The number of hydrogen-bond acceptors (Lipinski definition) is 4. The molecule has 20 heavy (non-hydrogen) atoms. The molecule has 0 aliphatic carbocycles. The SMILES string of the molecule is COCC(NS(=O)(=O)c1ccc2c(c1)CCN2)C(C)C. The molecule has 0 bridgehead atoms. The third-order valence-corrected chi connectivity index (χ3v) is 5.04. The second-order valence-electron chi connectivity index (χ2n) is 5.42. The molecule has 1 aliphatic heterocycles. The fourth-order valence-corrected chi connectivity index (χ4v) is 3.68. The predicted octanol–water partition coefficient (Wildman–Crippen LogP) is 1.60. The summed E-state index contributed by atoms with van der Waals surface area (Å²) in [5.74, 6) is 0.167. The first kappa shape index (κ1) is 15.3. The zero-order chi connectivity index (χ0) is 14.8. The van der Waals surface area contributed by atoms with Crippen LogP contribution in [0.4, 0.5) is 5.69 Å². The van der Waals surface area contributed by atoms with Crippen molar-refractivity contribution in [1.29, 1.82) is 0 Å². The highest BCUT2D eigenvalue weighted by Gasteiger charge is 2.23. The van der Waals surface area contributed by atoms with E-state index in [-0.39, 0.29) is 12.0 Å². The number of rotatable bonds is 6. The van der Waals surface area contributed by atoms with Gasteiger partial charge in [0.05, 0.1) is 11.5 Å². The lowest BCUT2D eigenvalue weighted by atomic mass is 10.1. The van der Waals surface area contributed by atoms with E-state index in [0.29, 0.717) is 11.5 Å². The molecule has 0 saturated carbocycles. The van der Waals surface area contributed by atoms with Gasteiger partial charge in [-0.1, -0.05) is 13.8 Å². The van der Waals surface area contributed by atoms with Gasteiger partial charge in [0.15, 0.2) is 0 Å². The number of sulfonamides is 1. The summed E-state index contributed by atoms with van der Waals surface area (Å²) in [6.07, 6.45) is 0.865. The average Bonchev–Trinajstić information content (AvgIpc) is 2.85. The Balaban J connectivity index is 2.21. The Hall–Kier alpha value is -1.11. The molecule has 1 unspecified atom stereocenters. The molecule has 0 amide bonds. The normalized spacial score (nSPS) is 16.0. The van der Waals surface area contributed by atoms with Crippen LogP contribution in [0.25, 0.3) is 0 Å². The lowest BCUT2D eigenvalue weighted by molar-refractivity contribution is 0.157. The van der Waals surface area contributed by atoms with Gasteiger partial charge in [0.1, 0.15) is 0 Å². The van der Waals surface area contributed by atoms with Crippen molar-refractivity contribution in [2.24, 2.45) is 5.92 Å². The minimum absolute atomic E-state index is 0.167. The monoisotopic (exact) mass is 298 g/mol. The van der Waals surface area contributed by atoms with Gasteiger partial charge in [-0.15, -0.1) is 0 Å². The highest BCUT2D eigenvalue weighted by atomic mass is 32.2. The quantitative estimate of drug-likeness (QED) is 0.837. The lowest BCUT2D eigenvalue weighted by Gasteiger charge is -2.21. The van der Waals surface area contributed by atoms with Crippen LogP contribution in [-0.2, 0) is 21.2 Å². The molecule has 1 aromatic carbocycles. The maximum absolute atomic E-state index is 12.4. The maximum atomic E-state index is 12.4. The Labute approximate surface area is 120 Å². The third kappa shape index (κ3) is 3.31. The lowest BCUT2D eigenvalue weighted by Crippen LogP contribution is -2.41. The molecule has 2 N–H and O–H groups in total. The Bertz CT molecular complexity index is 570. The summed E-state index contributed by atoms with van der Waals surface area (Å²) in [4.78, 5) is 0.321. The van der Waals surface area contributed by atoms with Crippen LogP contribution in [-0.4, -0.2) is 34.7 Å². The average molecular weight is 298 g/mol. The Morgan fingerprint density at radius 2 is 2.15 bits per heavy atom. The predicted molar refractivity (Wildman–Crippen MR) is 79.5 cm³/mol. The van der Waals surface area contributed by atoms with Crippen LogP contribution in [0.5, 0.6) is 0 Å². The largest absolute Gasteiger partial charge is 0.384 e. The van der Waals surface area contributed by atoms with Crippen molar-refractivity contribution in [3.05, 3.63) is 23.8 Å². The summed E-state index contributed by atoms with van der Waals surface area (Å²) in [7, 11) is -1.93. The van der Waals surface area contributed by atoms with E-state index in [9.17, 15) is 8.42 Å². The Kier molecular flexibility index (Phi) is 4.67. The fraction of sp³-hybridized carbons (Fsp3) is 0.571. The van der Waals surface area contributed by atoms with E-state index < -0.39 is 10.0 Å². The van der Waals surface area contributed by atoms with E-state index in [1.54, 1.807) is 19.2 Å². The van der Waals surface area contributed by atoms with Crippen molar-refractivity contribution in [1.82, 2.24) is 4.72 Å². The summed E-state index contributed by atoms with van der Waals surface area (Å²) in [5.41, 5.74) is 2.09. The third-order valence-electron chi connectivity index (χ3n) is 3.55. The molecule has 1 aromatic rings. The van der Waals surface area contributed by atoms with Gasteiger partial charge in [-0.3, -0.25) is 0 Å². The molecule has 0 fully saturated rings. The van der Waals surface area contributed by atoms with Crippen LogP contribution in [0.15, 0.2) is 23.1 Å². The van der Waals surface area contributed by atoms with E-state index in [1.807, 2.05) is 19.9 Å². The minimum Gasteiger partial charge on any atom is -0.384 e. The number of ether oxygens (including phenoxy) is 1. The van der Waals surface area contributed by atoms with Crippen LogP contribution in [0.2, 0.25) is 0 Å². The fourth-order valence-electron chi connectivity index (χ4n) is 2.26. The summed E-state index contributed by atoms with van der Waals surface area (Å²) < 4.78 is 32.7. The van der Waals surface area contributed by atoms with Crippen molar-refractivity contribution in [3.63, 3.8) is 0 Å². The number of methoxy groups -OCH3 is 1. The molecule has 1 aliphatic rings. The molecule has 6 heteroatoms. The second kappa shape index (κ2) is 6.11. The van der Waals surface area contributed by atoms with Crippen molar-refractivity contribution < 1.29 is 13.2 Å². The van der Waals surface area contributed by atoms with Gasteiger partial charge in [0.25, 0.3) is 0 Å². The Morgan fingerprint density at radius 3 is 2.80 bits per heavy atom. The first-order valence-electron chi connectivity index (χ1n) is 6.82. The van der Waals surface area contributed by atoms with Crippen LogP contribution in [0.1, 0.15) is 19.4 Å². The molecular weight excluding hydrogens is 276 g/mol. The molecule has 0 radical (unpaired) electrons. The van der Waals surface area contributed by atoms with Gasteiger partial charge >= 0.3 is 0 Å². The zero-order valence-electron chi connectivity index (χ0n) is 12.1. The van der Waals surface area contributed by atoms with E-state index >= 15 is 0 Å². The number of nitrogens with one attached hydrogen (secondary N) is 2. The summed E-state index contributed by atoms with van der Waals surface area (Å²) in [5, 5.41) is 3.22. The molecule has 0 aromatic heterocycles. The number of fused-ring (bicyclic) bond motifs is 1. The van der Waals surface area contributed by atoms with Crippen LogP contribution in [0.3, 0.4) is 0 Å². The van der Waals surface area contributed by atoms with Crippen molar-refractivity contribution in [3.8, 4) is 0 Å². The molecule has 0 saturated heterocycles. The van der Waals surface area contributed by atoms with E-state index in [4.69, 9.17) is 4.74 Å². The van der Waals surface area contributed by atoms with Crippen LogP contribution < -0.4 is 10.0 Å². The summed E-state index contributed by atoms with van der Waals surface area (Å²) in [6, 6.07) is 5.00.